The van der Waals surface area contributed by atoms with E-state index in [1.807, 2.05) is 24.3 Å². The third-order valence-corrected chi connectivity index (χ3v) is 5.37. The molecule has 0 saturated carbocycles. The summed E-state index contributed by atoms with van der Waals surface area (Å²) in [6, 6.07) is 24.4. The summed E-state index contributed by atoms with van der Waals surface area (Å²) in [5, 5.41) is 9.90. The highest BCUT2D eigenvalue weighted by atomic mass is 16.5. The summed E-state index contributed by atoms with van der Waals surface area (Å²) >= 11 is 0. The van der Waals surface area contributed by atoms with Gasteiger partial charge in [0.05, 0.1) is 0 Å². The molecule has 136 valence electrons. The Kier molecular flexibility index (Phi) is 4.93. The molecular formula is C24H22O3. The molecule has 3 aromatic carbocycles. The Morgan fingerprint density at radius 3 is 2.48 bits per heavy atom. The van der Waals surface area contributed by atoms with Crippen LogP contribution in [0, 0.1) is 0 Å². The zero-order chi connectivity index (χ0) is 18.6. The van der Waals surface area contributed by atoms with E-state index in [4.69, 9.17) is 4.74 Å². The molecule has 0 saturated heterocycles. The molecule has 1 N–H and O–H groups in total. The van der Waals surface area contributed by atoms with Crippen LogP contribution in [0.4, 0.5) is 0 Å². The van der Waals surface area contributed by atoms with E-state index in [-0.39, 0.29) is 12.5 Å². The highest BCUT2D eigenvalue weighted by molar-refractivity contribution is 5.52. The van der Waals surface area contributed by atoms with E-state index in [9.17, 15) is 9.90 Å². The number of fused-ring (bicyclic) bond motifs is 1. The number of hydrogen-bond donors (Lipinski definition) is 1. The molecule has 3 nitrogen and oxygen atoms in total. The van der Waals surface area contributed by atoms with Gasteiger partial charge in [0.1, 0.15) is 18.1 Å². The zero-order valence-electron chi connectivity index (χ0n) is 15.0. The first-order chi connectivity index (χ1) is 13.3. The van der Waals surface area contributed by atoms with Crippen LogP contribution >= 0.6 is 0 Å². The molecule has 1 aliphatic rings. The number of carbonyl (C=O) groups excluding carboxylic acids is 1. The number of phenolic OH excluding ortho intramolecular Hbond substituents is 1. The first-order valence-corrected chi connectivity index (χ1v) is 9.29. The molecule has 0 fully saturated rings. The molecule has 27 heavy (non-hydrogen) atoms. The van der Waals surface area contributed by atoms with Crippen LogP contribution < -0.4 is 4.74 Å². The fraction of sp³-hybridized carbons (Fsp3) is 0.208. The van der Waals surface area contributed by atoms with Crippen molar-refractivity contribution in [2.24, 2.45) is 0 Å². The number of ether oxygens (including phenoxy) is 1. The molecule has 1 aliphatic carbocycles. The second kappa shape index (κ2) is 7.67. The van der Waals surface area contributed by atoms with Gasteiger partial charge in [-0.2, -0.15) is 0 Å². The Morgan fingerprint density at radius 1 is 0.963 bits per heavy atom. The van der Waals surface area contributed by atoms with E-state index < -0.39 is 0 Å². The summed E-state index contributed by atoms with van der Waals surface area (Å²) in [4.78, 5) is 10.5. The lowest BCUT2D eigenvalue weighted by Gasteiger charge is -2.34. The number of aryl methyl sites for hydroxylation is 1. The maximum Gasteiger partial charge on any atom is 0.157 e. The minimum atomic E-state index is 0.0670. The maximum absolute atomic E-state index is 10.5. The number of carbonyl (C=O) groups is 1. The van der Waals surface area contributed by atoms with Gasteiger partial charge in [0.15, 0.2) is 6.29 Å². The topological polar surface area (TPSA) is 46.5 Å². The molecule has 0 radical (unpaired) electrons. The normalized spacial score (nSPS) is 18.5. The van der Waals surface area contributed by atoms with Gasteiger partial charge in [-0.15, -0.1) is 0 Å². The van der Waals surface area contributed by atoms with Crippen molar-refractivity contribution in [3.63, 3.8) is 0 Å². The van der Waals surface area contributed by atoms with E-state index in [2.05, 4.69) is 42.5 Å². The summed E-state index contributed by atoms with van der Waals surface area (Å²) in [5.41, 5.74) is 5.04. The average Bonchev–Trinajstić information content (AvgIpc) is 2.72. The van der Waals surface area contributed by atoms with Crippen LogP contribution in [0.1, 0.15) is 40.5 Å². The quantitative estimate of drug-likeness (QED) is 0.665. The second-order valence-corrected chi connectivity index (χ2v) is 6.96. The number of benzene rings is 3. The summed E-state index contributed by atoms with van der Waals surface area (Å²) in [5.74, 6) is 1.62. The van der Waals surface area contributed by atoms with Gasteiger partial charge in [-0.1, -0.05) is 48.5 Å². The van der Waals surface area contributed by atoms with Crippen LogP contribution in [0.3, 0.4) is 0 Å². The van der Waals surface area contributed by atoms with Crippen LogP contribution in [-0.4, -0.2) is 18.0 Å². The molecule has 0 aromatic heterocycles. The number of aldehydes is 1. The van der Waals surface area contributed by atoms with Crippen molar-refractivity contribution >= 4 is 6.29 Å². The van der Waals surface area contributed by atoms with Crippen molar-refractivity contribution in [3.8, 4) is 11.5 Å². The van der Waals surface area contributed by atoms with Gasteiger partial charge >= 0.3 is 0 Å². The standard InChI is InChI=1S/C24H22O3/c25-14-15-27-21-10-6-18(7-11-21)24-22(17-4-2-1-3-5-17)12-8-19-16-20(26)9-13-23(19)24/h1-7,9-11,13-14,16,22,24,26H,8,12,15H2/t22-,24?/m1/s1. The predicted molar refractivity (Wildman–Crippen MR) is 105 cm³/mol. The minimum Gasteiger partial charge on any atom is -0.508 e. The Morgan fingerprint density at radius 2 is 1.74 bits per heavy atom. The van der Waals surface area contributed by atoms with Crippen molar-refractivity contribution in [2.75, 3.05) is 6.61 Å². The molecule has 3 aromatic rings. The van der Waals surface area contributed by atoms with Gasteiger partial charge in [-0.3, -0.25) is 4.79 Å². The molecular weight excluding hydrogens is 336 g/mol. The van der Waals surface area contributed by atoms with Crippen molar-refractivity contribution < 1.29 is 14.6 Å². The summed E-state index contributed by atoms with van der Waals surface area (Å²) in [6.45, 7) is 0.0670. The highest BCUT2D eigenvalue weighted by Crippen LogP contribution is 2.47. The minimum absolute atomic E-state index is 0.0670. The maximum atomic E-state index is 10.5. The highest BCUT2D eigenvalue weighted by Gasteiger charge is 2.32. The van der Waals surface area contributed by atoms with Crippen LogP contribution in [0.2, 0.25) is 0 Å². The van der Waals surface area contributed by atoms with Gasteiger partial charge in [-0.05, 0) is 65.3 Å². The second-order valence-electron chi connectivity index (χ2n) is 6.96. The average molecular weight is 358 g/mol. The predicted octanol–water partition coefficient (Wildman–Crippen LogP) is 4.83. The molecule has 2 atom stereocenters. The number of aromatic hydroxyl groups is 1. The lowest BCUT2D eigenvalue weighted by molar-refractivity contribution is -0.109. The molecule has 0 bridgehead atoms. The first-order valence-electron chi connectivity index (χ1n) is 9.29. The van der Waals surface area contributed by atoms with E-state index in [1.165, 1.54) is 22.3 Å². The van der Waals surface area contributed by atoms with Crippen LogP contribution in [0.5, 0.6) is 11.5 Å². The lowest BCUT2D eigenvalue weighted by Crippen LogP contribution is -2.20. The third kappa shape index (κ3) is 3.59. The molecule has 0 spiro atoms. The van der Waals surface area contributed by atoms with Gasteiger partial charge in [-0.25, -0.2) is 0 Å². The molecule has 3 heteroatoms. The summed E-state index contributed by atoms with van der Waals surface area (Å²) in [6.07, 6.45) is 2.75. The van der Waals surface area contributed by atoms with E-state index in [1.54, 1.807) is 6.07 Å². The number of phenols is 1. The zero-order valence-corrected chi connectivity index (χ0v) is 15.0. The largest absolute Gasteiger partial charge is 0.508 e. The fourth-order valence-corrected chi connectivity index (χ4v) is 4.18. The Balaban J connectivity index is 1.75. The van der Waals surface area contributed by atoms with Gasteiger partial charge in [0.2, 0.25) is 0 Å². The van der Waals surface area contributed by atoms with E-state index in [0.29, 0.717) is 17.4 Å². The Hall–Kier alpha value is -3.07. The molecule has 0 amide bonds. The SMILES string of the molecule is O=CCOc1ccc(C2c3ccc(O)cc3CC[C@@H]2c2ccccc2)cc1. The van der Waals surface area contributed by atoms with Crippen molar-refractivity contribution in [2.45, 2.75) is 24.7 Å². The van der Waals surface area contributed by atoms with E-state index in [0.717, 1.165) is 19.1 Å². The fourth-order valence-electron chi connectivity index (χ4n) is 4.18. The summed E-state index contributed by atoms with van der Waals surface area (Å²) in [7, 11) is 0. The van der Waals surface area contributed by atoms with Gasteiger partial charge in [0.25, 0.3) is 0 Å². The Bertz CT molecular complexity index is 916. The van der Waals surface area contributed by atoms with Crippen molar-refractivity contribution in [1.29, 1.82) is 0 Å². The lowest BCUT2D eigenvalue weighted by atomic mass is 9.69. The molecule has 1 unspecified atom stereocenters. The summed E-state index contributed by atoms with van der Waals surface area (Å²) < 4.78 is 5.39. The first kappa shape index (κ1) is 17.3. The molecule has 0 heterocycles. The van der Waals surface area contributed by atoms with E-state index >= 15 is 0 Å². The smallest absolute Gasteiger partial charge is 0.157 e. The molecule has 0 aliphatic heterocycles. The monoisotopic (exact) mass is 358 g/mol. The van der Waals surface area contributed by atoms with Crippen molar-refractivity contribution in [1.82, 2.24) is 0 Å². The van der Waals surface area contributed by atoms with Crippen LogP contribution in [0.15, 0.2) is 72.8 Å². The third-order valence-electron chi connectivity index (χ3n) is 5.37. The van der Waals surface area contributed by atoms with Crippen LogP contribution in [0.25, 0.3) is 0 Å². The van der Waals surface area contributed by atoms with Crippen LogP contribution in [-0.2, 0) is 11.2 Å². The number of rotatable bonds is 5. The molecule has 4 rings (SSSR count). The van der Waals surface area contributed by atoms with Gasteiger partial charge < -0.3 is 9.84 Å². The van der Waals surface area contributed by atoms with Crippen molar-refractivity contribution in [3.05, 3.63) is 95.1 Å². The Labute approximate surface area is 159 Å². The van der Waals surface area contributed by atoms with Gasteiger partial charge in [0, 0.05) is 5.92 Å². The number of hydrogen-bond acceptors (Lipinski definition) is 3.